The molecular formula is C22H18N2O3S. The number of nitriles is 1. The maximum absolute atomic E-state index is 12.5. The molecule has 0 aromatic heterocycles. The first-order valence-corrected chi connectivity index (χ1v) is 10.8. The third kappa shape index (κ3) is 3.37. The molecule has 4 rings (SSSR count). The van der Waals surface area contributed by atoms with Crippen LogP contribution in [0.15, 0.2) is 65.6 Å². The summed E-state index contributed by atoms with van der Waals surface area (Å²) in [6, 6.07) is 20.5. The Labute approximate surface area is 163 Å². The quantitative estimate of drug-likeness (QED) is 0.686. The molecule has 0 atom stereocenters. The molecule has 140 valence electrons. The fraction of sp³-hybridized carbons (Fsp3) is 0.182. The van der Waals surface area contributed by atoms with Gasteiger partial charge in [-0.2, -0.15) is 5.26 Å². The molecule has 28 heavy (non-hydrogen) atoms. The van der Waals surface area contributed by atoms with Gasteiger partial charge >= 0.3 is 0 Å². The van der Waals surface area contributed by atoms with E-state index in [9.17, 15) is 13.2 Å². The third-order valence-electron chi connectivity index (χ3n) is 5.05. The number of rotatable bonds is 3. The van der Waals surface area contributed by atoms with E-state index in [4.69, 9.17) is 5.26 Å². The van der Waals surface area contributed by atoms with Crippen LogP contribution in [0.3, 0.4) is 0 Å². The molecule has 0 radical (unpaired) electrons. The van der Waals surface area contributed by atoms with E-state index in [1.807, 2.05) is 30.3 Å². The number of hydrogen-bond donors (Lipinski definition) is 0. The predicted molar refractivity (Wildman–Crippen MR) is 108 cm³/mol. The highest BCUT2D eigenvalue weighted by atomic mass is 32.2. The minimum absolute atomic E-state index is 0.0474. The molecule has 0 saturated carbocycles. The lowest BCUT2D eigenvalue weighted by Gasteiger charge is -2.35. The van der Waals surface area contributed by atoms with Gasteiger partial charge in [-0.05, 0) is 52.2 Å². The number of amides is 1. The van der Waals surface area contributed by atoms with Gasteiger partial charge in [0.25, 0.3) is 5.91 Å². The van der Waals surface area contributed by atoms with E-state index in [1.54, 1.807) is 35.2 Å². The Bertz CT molecular complexity index is 1220. The fourth-order valence-corrected chi connectivity index (χ4v) is 3.99. The van der Waals surface area contributed by atoms with Gasteiger partial charge in [0.05, 0.1) is 16.9 Å². The number of hydrogen-bond acceptors (Lipinski definition) is 4. The van der Waals surface area contributed by atoms with Crippen molar-refractivity contribution < 1.29 is 13.2 Å². The lowest BCUT2D eigenvalue weighted by atomic mass is 9.98. The van der Waals surface area contributed by atoms with Crippen LogP contribution in [0, 0.1) is 17.2 Å². The number of fused-ring (bicyclic) bond motifs is 1. The average molecular weight is 390 g/mol. The maximum Gasteiger partial charge on any atom is 0.253 e. The standard InChI is InChI=1S/C22H18N2O3S/c1-28(26,27)21-8-6-16(7-9-21)17-2-3-19-11-20(5-4-18(19)10-17)22(25)24-13-15(12-23)14-24/h2-11,15H,13-14H2,1H3. The van der Waals surface area contributed by atoms with Crippen LogP contribution in [0.5, 0.6) is 0 Å². The zero-order valence-electron chi connectivity index (χ0n) is 15.3. The van der Waals surface area contributed by atoms with E-state index in [1.165, 1.54) is 6.26 Å². The average Bonchev–Trinajstić information content (AvgIpc) is 2.65. The van der Waals surface area contributed by atoms with E-state index in [2.05, 4.69) is 6.07 Å². The number of carbonyl (C=O) groups is 1. The number of carbonyl (C=O) groups excluding carboxylic acids is 1. The Morgan fingerprint density at radius 2 is 1.57 bits per heavy atom. The highest BCUT2D eigenvalue weighted by Gasteiger charge is 2.31. The molecule has 0 unspecified atom stereocenters. The van der Waals surface area contributed by atoms with Crippen LogP contribution >= 0.6 is 0 Å². The Balaban J connectivity index is 1.60. The van der Waals surface area contributed by atoms with Gasteiger partial charge in [0.1, 0.15) is 0 Å². The van der Waals surface area contributed by atoms with Crippen molar-refractivity contribution in [2.45, 2.75) is 4.90 Å². The molecular weight excluding hydrogens is 372 g/mol. The van der Waals surface area contributed by atoms with Gasteiger partial charge in [-0.1, -0.05) is 30.3 Å². The zero-order valence-corrected chi connectivity index (χ0v) is 16.1. The van der Waals surface area contributed by atoms with E-state index < -0.39 is 9.84 Å². The summed E-state index contributed by atoms with van der Waals surface area (Å²) < 4.78 is 23.2. The summed E-state index contributed by atoms with van der Waals surface area (Å²) >= 11 is 0. The van der Waals surface area contributed by atoms with Crippen molar-refractivity contribution in [2.75, 3.05) is 19.3 Å². The number of nitrogens with zero attached hydrogens (tertiary/aromatic N) is 2. The Hall–Kier alpha value is -3.17. The Morgan fingerprint density at radius 1 is 0.964 bits per heavy atom. The molecule has 1 amide bonds. The normalized spacial score (nSPS) is 14.5. The molecule has 0 N–H and O–H groups in total. The molecule has 1 fully saturated rings. The topological polar surface area (TPSA) is 78.2 Å². The van der Waals surface area contributed by atoms with Crippen LogP contribution in [0.4, 0.5) is 0 Å². The van der Waals surface area contributed by atoms with Crippen molar-refractivity contribution in [3.05, 3.63) is 66.2 Å². The smallest absolute Gasteiger partial charge is 0.253 e. The van der Waals surface area contributed by atoms with Gasteiger partial charge in [0.15, 0.2) is 9.84 Å². The molecule has 1 heterocycles. The second-order valence-electron chi connectivity index (χ2n) is 7.11. The molecule has 0 spiro atoms. The molecule has 6 heteroatoms. The highest BCUT2D eigenvalue weighted by molar-refractivity contribution is 7.90. The monoisotopic (exact) mass is 390 g/mol. The zero-order chi connectivity index (χ0) is 19.9. The molecule has 1 saturated heterocycles. The van der Waals surface area contributed by atoms with Crippen molar-refractivity contribution in [1.29, 1.82) is 5.26 Å². The van der Waals surface area contributed by atoms with Gasteiger partial charge in [-0.25, -0.2) is 8.42 Å². The lowest BCUT2D eigenvalue weighted by Crippen LogP contribution is -2.49. The molecule has 0 aliphatic carbocycles. The first-order valence-electron chi connectivity index (χ1n) is 8.88. The van der Waals surface area contributed by atoms with Crippen molar-refractivity contribution in [3.8, 4) is 17.2 Å². The van der Waals surface area contributed by atoms with Gasteiger partial charge in [-0.15, -0.1) is 0 Å². The number of sulfone groups is 1. The summed E-state index contributed by atoms with van der Waals surface area (Å²) in [5.41, 5.74) is 2.53. The second-order valence-corrected chi connectivity index (χ2v) is 9.13. The third-order valence-corrected chi connectivity index (χ3v) is 6.18. The van der Waals surface area contributed by atoms with E-state index >= 15 is 0 Å². The second kappa shape index (κ2) is 6.77. The molecule has 1 aliphatic heterocycles. The summed E-state index contributed by atoms with van der Waals surface area (Å²) in [4.78, 5) is 14.5. The van der Waals surface area contributed by atoms with Crippen LogP contribution in [0.1, 0.15) is 10.4 Å². The van der Waals surface area contributed by atoms with Crippen molar-refractivity contribution in [3.63, 3.8) is 0 Å². The molecule has 0 bridgehead atoms. The first-order chi connectivity index (χ1) is 13.3. The van der Waals surface area contributed by atoms with Crippen LogP contribution in [0.25, 0.3) is 21.9 Å². The number of likely N-dealkylation sites (tertiary alicyclic amines) is 1. The van der Waals surface area contributed by atoms with Crippen molar-refractivity contribution >= 4 is 26.5 Å². The molecule has 3 aromatic rings. The van der Waals surface area contributed by atoms with Gasteiger partial charge in [-0.3, -0.25) is 4.79 Å². The molecule has 1 aliphatic rings. The maximum atomic E-state index is 12.5. The first kappa shape index (κ1) is 18.2. The SMILES string of the molecule is CS(=O)(=O)c1ccc(-c2ccc3cc(C(=O)N4CC(C#N)C4)ccc3c2)cc1. The lowest BCUT2D eigenvalue weighted by molar-refractivity contribution is 0.0577. The number of benzene rings is 3. The van der Waals surface area contributed by atoms with Gasteiger partial charge in [0.2, 0.25) is 0 Å². The fourth-order valence-electron chi connectivity index (χ4n) is 3.36. The summed E-state index contributed by atoms with van der Waals surface area (Å²) in [6.45, 7) is 0.992. The Morgan fingerprint density at radius 3 is 2.21 bits per heavy atom. The predicted octanol–water partition coefficient (Wildman–Crippen LogP) is 3.51. The van der Waals surface area contributed by atoms with E-state index in [-0.39, 0.29) is 11.8 Å². The van der Waals surface area contributed by atoms with Crippen molar-refractivity contribution in [2.24, 2.45) is 5.92 Å². The van der Waals surface area contributed by atoms with Crippen LogP contribution in [-0.4, -0.2) is 38.6 Å². The summed E-state index contributed by atoms with van der Waals surface area (Å²) in [5, 5.41) is 10.8. The van der Waals surface area contributed by atoms with Gasteiger partial charge < -0.3 is 4.90 Å². The Kier molecular flexibility index (Phi) is 4.40. The minimum atomic E-state index is -3.21. The van der Waals surface area contributed by atoms with E-state index in [0.29, 0.717) is 23.5 Å². The highest BCUT2D eigenvalue weighted by Crippen LogP contribution is 2.27. The summed E-state index contributed by atoms with van der Waals surface area (Å²) in [7, 11) is -3.21. The van der Waals surface area contributed by atoms with E-state index in [0.717, 1.165) is 21.9 Å². The van der Waals surface area contributed by atoms with Gasteiger partial charge in [0, 0.05) is 24.9 Å². The van der Waals surface area contributed by atoms with Crippen LogP contribution < -0.4 is 0 Å². The largest absolute Gasteiger partial charge is 0.336 e. The summed E-state index contributed by atoms with van der Waals surface area (Å²) in [5.74, 6) is -0.102. The van der Waals surface area contributed by atoms with Crippen LogP contribution in [-0.2, 0) is 9.84 Å². The summed E-state index contributed by atoms with van der Waals surface area (Å²) in [6.07, 6.45) is 1.19. The molecule has 5 nitrogen and oxygen atoms in total. The van der Waals surface area contributed by atoms with Crippen LogP contribution in [0.2, 0.25) is 0 Å². The molecule has 3 aromatic carbocycles. The van der Waals surface area contributed by atoms with Crippen molar-refractivity contribution in [1.82, 2.24) is 4.90 Å². The minimum Gasteiger partial charge on any atom is -0.336 e.